The van der Waals surface area contributed by atoms with Gasteiger partial charge in [-0.3, -0.25) is 9.69 Å². The Morgan fingerprint density at radius 1 is 1.03 bits per heavy atom. The van der Waals surface area contributed by atoms with Crippen molar-refractivity contribution >= 4 is 5.91 Å². The summed E-state index contributed by atoms with van der Waals surface area (Å²) in [5.41, 5.74) is 0.911. The molecule has 8 nitrogen and oxygen atoms in total. The average molecular weight is 415 g/mol. The first kappa shape index (κ1) is 22.2. The fraction of sp³-hybridized carbons (Fsp3) is 0.636. The number of carbonyl (C=O) groups excluding carboxylic acids is 1. The van der Waals surface area contributed by atoms with E-state index in [0.717, 1.165) is 69.1 Å². The molecule has 0 atom stereocenters. The quantitative estimate of drug-likeness (QED) is 0.595. The van der Waals surface area contributed by atoms with Crippen LogP contribution in [0.4, 0.5) is 0 Å². The van der Waals surface area contributed by atoms with Crippen LogP contribution in [-0.2, 0) is 11.3 Å². The molecule has 3 rings (SSSR count). The summed E-state index contributed by atoms with van der Waals surface area (Å²) in [4.78, 5) is 17.2. The zero-order chi connectivity index (χ0) is 21.3. The summed E-state index contributed by atoms with van der Waals surface area (Å²) in [6.45, 7) is 10.8. The zero-order valence-corrected chi connectivity index (χ0v) is 18.5. The number of rotatable bonds is 10. The molecule has 1 aliphatic heterocycles. The molecule has 1 aromatic heterocycles. The van der Waals surface area contributed by atoms with E-state index in [2.05, 4.69) is 34.3 Å². The van der Waals surface area contributed by atoms with Crippen molar-refractivity contribution in [1.29, 1.82) is 0 Å². The van der Waals surface area contributed by atoms with E-state index < -0.39 is 0 Å². The second-order valence-corrected chi connectivity index (χ2v) is 7.81. The van der Waals surface area contributed by atoms with Crippen molar-refractivity contribution in [1.82, 2.24) is 30.0 Å². The Hall–Kier alpha value is -2.48. The first-order valence-electron chi connectivity index (χ1n) is 11.2. The van der Waals surface area contributed by atoms with E-state index in [-0.39, 0.29) is 5.92 Å². The minimum atomic E-state index is 0.179. The molecule has 1 amide bonds. The smallest absolute Gasteiger partial charge is 0.225 e. The lowest BCUT2D eigenvalue weighted by atomic mass is 9.96. The highest BCUT2D eigenvalue weighted by Gasteiger charge is 2.27. The Bertz CT molecular complexity index is 777. The van der Waals surface area contributed by atoms with Crippen LogP contribution >= 0.6 is 0 Å². The molecule has 8 heteroatoms. The maximum atomic E-state index is 12.9. The van der Waals surface area contributed by atoms with Crippen LogP contribution in [0.3, 0.4) is 0 Å². The summed E-state index contributed by atoms with van der Waals surface area (Å²) in [7, 11) is 0. The molecular formula is C22H34N6O2. The van der Waals surface area contributed by atoms with Crippen LogP contribution < -0.4 is 4.74 Å². The minimum absolute atomic E-state index is 0.179. The van der Waals surface area contributed by atoms with Crippen LogP contribution in [0.25, 0.3) is 5.69 Å². The van der Waals surface area contributed by atoms with E-state index in [1.165, 1.54) is 0 Å². The molecule has 0 bridgehead atoms. The molecule has 0 N–H and O–H groups in total. The Morgan fingerprint density at radius 2 is 1.70 bits per heavy atom. The van der Waals surface area contributed by atoms with E-state index in [4.69, 9.17) is 4.74 Å². The number of piperazine rings is 1. The normalized spacial score (nSPS) is 15.0. The van der Waals surface area contributed by atoms with Crippen LogP contribution in [0, 0.1) is 5.92 Å². The third-order valence-electron chi connectivity index (χ3n) is 5.60. The third kappa shape index (κ3) is 5.56. The lowest BCUT2D eigenvalue weighted by Gasteiger charge is -2.36. The first-order valence-corrected chi connectivity index (χ1v) is 11.2. The number of nitrogens with zero attached hydrogens (tertiary/aromatic N) is 6. The number of hydrogen-bond acceptors (Lipinski definition) is 6. The first-order chi connectivity index (χ1) is 14.7. The van der Waals surface area contributed by atoms with Crippen molar-refractivity contribution in [2.24, 2.45) is 5.92 Å². The fourth-order valence-electron chi connectivity index (χ4n) is 4.03. The number of benzene rings is 1. The molecule has 0 aliphatic carbocycles. The Balaban J connectivity index is 1.57. The Labute approximate surface area is 179 Å². The lowest BCUT2D eigenvalue weighted by Crippen LogP contribution is -2.50. The van der Waals surface area contributed by atoms with Crippen LogP contribution in [0.5, 0.6) is 5.75 Å². The SMILES string of the molecule is CCCC(CCC)C(=O)N1CCN(Cc2nnnn2-c2ccc(OCC)cc2)CC1. The summed E-state index contributed by atoms with van der Waals surface area (Å²) in [6, 6.07) is 7.78. The van der Waals surface area contributed by atoms with Gasteiger partial charge in [-0.2, -0.15) is 4.68 Å². The van der Waals surface area contributed by atoms with Crippen LogP contribution in [-0.4, -0.2) is 68.7 Å². The molecule has 2 heterocycles. The molecule has 1 aliphatic rings. The van der Waals surface area contributed by atoms with E-state index in [0.29, 0.717) is 19.1 Å². The molecule has 1 aromatic carbocycles. The predicted molar refractivity (Wildman–Crippen MR) is 115 cm³/mol. The number of aromatic nitrogens is 4. The molecule has 164 valence electrons. The predicted octanol–water partition coefficient (Wildman–Crippen LogP) is 2.92. The molecular weight excluding hydrogens is 380 g/mol. The molecule has 1 fully saturated rings. The van der Waals surface area contributed by atoms with Crippen molar-refractivity contribution in [2.45, 2.75) is 53.0 Å². The van der Waals surface area contributed by atoms with Crippen molar-refractivity contribution in [3.63, 3.8) is 0 Å². The van der Waals surface area contributed by atoms with E-state index in [1.54, 1.807) is 4.68 Å². The van der Waals surface area contributed by atoms with E-state index >= 15 is 0 Å². The van der Waals surface area contributed by atoms with Gasteiger partial charge in [-0.25, -0.2) is 0 Å². The molecule has 30 heavy (non-hydrogen) atoms. The van der Waals surface area contributed by atoms with Gasteiger partial charge >= 0.3 is 0 Å². The highest BCUT2D eigenvalue weighted by molar-refractivity contribution is 5.78. The molecule has 0 unspecified atom stereocenters. The largest absolute Gasteiger partial charge is 0.494 e. The second kappa shape index (κ2) is 11.1. The van der Waals surface area contributed by atoms with Gasteiger partial charge in [-0.15, -0.1) is 5.10 Å². The lowest BCUT2D eigenvalue weighted by molar-refractivity contribution is -0.137. The van der Waals surface area contributed by atoms with Gasteiger partial charge in [-0.1, -0.05) is 26.7 Å². The summed E-state index contributed by atoms with van der Waals surface area (Å²) in [5, 5.41) is 12.3. The third-order valence-corrected chi connectivity index (χ3v) is 5.60. The van der Waals surface area contributed by atoms with Gasteiger partial charge in [-0.05, 0) is 54.5 Å². The van der Waals surface area contributed by atoms with Gasteiger partial charge in [0.25, 0.3) is 0 Å². The van der Waals surface area contributed by atoms with Crippen LogP contribution in [0.15, 0.2) is 24.3 Å². The second-order valence-electron chi connectivity index (χ2n) is 7.81. The standard InChI is InChI=1S/C22H34N6O2/c1-4-7-18(8-5-2)22(29)27-15-13-26(14-16-27)17-21-23-24-25-28(21)19-9-11-20(12-10-19)30-6-3/h9-12,18H,4-8,13-17H2,1-3H3. The Kier molecular flexibility index (Phi) is 8.19. The number of ether oxygens (including phenoxy) is 1. The average Bonchev–Trinajstić information content (AvgIpc) is 3.22. The van der Waals surface area contributed by atoms with Gasteiger partial charge < -0.3 is 9.64 Å². The van der Waals surface area contributed by atoms with Crippen molar-refractivity contribution in [2.75, 3.05) is 32.8 Å². The maximum Gasteiger partial charge on any atom is 0.225 e. The fourth-order valence-corrected chi connectivity index (χ4v) is 4.03. The summed E-state index contributed by atoms with van der Waals surface area (Å²) < 4.78 is 7.27. The van der Waals surface area contributed by atoms with Crippen LogP contribution in [0.1, 0.15) is 52.3 Å². The monoisotopic (exact) mass is 414 g/mol. The minimum Gasteiger partial charge on any atom is -0.494 e. The number of amides is 1. The molecule has 0 saturated carbocycles. The topological polar surface area (TPSA) is 76.4 Å². The maximum absolute atomic E-state index is 12.9. The number of tetrazole rings is 1. The summed E-state index contributed by atoms with van der Waals surface area (Å²) >= 11 is 0. The van der Waals surface area contributed by atoms with Crippen molar-refractivity contribution in [3.05, 3.63) is 30.1 Å². The van der Waals surface area contributed by atoms with Crippen LogP contribution in [0.2, 0.25) is 0 Å². The van der Waals surface area contributed by atoms with Gasteiger partial charge in [0, 0.05) is 32.1 Å². The molecule has 2 aromatic rings. The summed E-state index contributed by atoms with van der Waals surface area (Å²) in [5.74, 6) is 2.14. The van der Waals surface area contributed by atoms with Gasteiger partial charge in [0.1, 0.15) is 5.75 Å². The highest BCUT2D eigenvalue weighted by atomic mass is 16.5. The van der Waals surface area contributed by atoms with Crippen molar-refractivity contribution < 1.29 is 9.53 Å². The highest BCUT2D eigenvalue weighted by Crippen LogP contribution is 2.19. The van der Waals surface area contributed by atoms with E-state index in [1.807, 2.05) is 36.1 Å². The summed E-state index contributed by atoms with van der Waals surface area (Å²) in [6.07, 6.45) is 4.10. The Morgan fingerprint density at radius 3 is 2.30 bits per heavy atom. The van der Waals surface area contributed by atoms with Gasteiger partial charge in [0.2, 0.25) is 5.91 Å². The molecule has 0 radical (unpaired) electrons. The van der Waals surface area contributed by atoms with Gasteiger partial charge in [0.15, 0.2) is 5.82 Å². The van der Waals surface area contributed by atoms with Crippen molar-refractivity contribution in [3.8, 4) is 11.4 Å². The number of carbonyl (C=O) groups is 1. The van der Waals surface area contributed by atoms with E-state index in [9.17, 15) is 4.79 Å². The molecule has 1 saturated heterocycles. The number of hydrogen-bond donors (Lipinski definition) is 0. The molecule has 0 spiro atoms. The van der Waals surface area contributed by atoms with Gasteiger partial charge in [0.05, 0.1) is 18.8 Å². The zero-order valence-electron chi connectivity index (χ0n) is 18.5.